The first kappa shape index (κ1) is 17.2. The molecule has 0 N–H and O–H groups in total. The molecule has 0 bridgehead atoms. The van der Waals surface area contributed by atoms with Gasteiger partial charge in [0, 0.05) is 38.1 Å². The summed E-state index contributed by atoms with van der Waals surface area (Å²) in [4.78, 5) is 0.320. The van der Waals surface area contributed by atoms with Gasteiger partial charge in [0.05, 0.1) is 17.9 Å². The molecule has 0 saturated carbocycles. The first-order chi connectivity index (χ1) is 11.4. The van der Waals surface area contributed by atoms with E-state index in [4.69, 9.17) is 0 Å². The van der Waals surface area contributed by atoms with Crippen LogP contribution in [0.2, 0.25) is 0 Å². The summed E-state index contributed by atoms with van der Waals surface area (Å²) in [5.41, 5.74) is 1.52. The van der Waals surface area contributed by atoms with E-state index in [1.54, 1.807) is 33.0 Å². The molecule has 132 valence electrons. The van der Waals surface area contributed by atoms with Crippen molar-refractivity contribution in [2.24, 2.45) is 7.05 Å². The summed E-state index contributed by atoms with van der Waals surface area (Å²) >= 11 is 0. The predicted molar refractivity (Wildman–Crippen MR) is 90.9 cm³/mol. The van der Waals surface area contributed by atoms with Crippen molar-refractivity contribution in [1.82, 2.24) is 23.9 Å². The molecule has 2 aromatic heterocycles. The van der Waals surface area contributed by atoms with Crippen LogP contribution in [-0.4, -0.2) is 38.8 Å². The van der Waals surface area contributed by atoms with Gasteiger partial charge >= 0.3 is 0 Å². The molecule has 0 spiro atoms. The Kier molecular flexibility index (Phi) is 4.78. The van der Waals surface area contributed by atoms with Gasteiger partial charge in [-0.1, -0.05) is 12.8 Å². The fourth-order valence-corrected chi connectivity index (χ4v) is 5.21. The Balaban J connectivity index is 2.03. The number of nitrogens with zero attached hydrogens (tertiary/aromatic N) is 5. The van der Waals surface area contributed by atoms with Crippen LogP contribution < -0.4 is 0 Å². The zero-order chi connectivity index (χ0) is 17.3. The number of rotatable bonds is 4. The van der Waals surface area contributed by atoms with Gasteiger partial charge in [0.2, 0.25) is 10.0 Å². The molecule has 3 rings (SSSR count). The van der Waals surface area contributed by atoms with E-state index >= 15 is 0 Å². The average molecular weight is 351 g/mol. The van der Waals surface area contributed by atoms with E-state index in [1.807, 2.05) is 20.2 Å². The highest BCUT2D eigenvalue weighted by atomic mass is 32.2. The van der Waals surface area contributed by atoms with Crippen molar-refractivity contribution in [3.8, 4) is 0 Å². The van der Waals surface area contributed by atoms with Crippen molar-refractivity contribution in [2.45, 2.75) is 57.0 Å². The molecular weight excluding hydrogens is 326 g/mol. The highest BCUT2D eigenvalue weighted by molar-refractivity contribution is 7.89. The third-order valence-electron chi connectivity index (χ3n) is 4.63. The standard InChI is InChI=1S/C16H25N5O2S/c1-4-20-12-16(13(2)18-20)24(22,23)21-9-7-5-6-8-15(21)14-10-17-19(3)11-14/h10-12,15H,4-9H2,1-3H3/t15-/m0/s1. The van der Waals surface area contributed by atoms with Crippen LogP contribution in [0.15, 0.2) is 23.5 Å². The summed E-state index contributed by atoms with van der Waals surface area (Å²) in [6.45, 7) is 4.91. The number of aryl methyl sites for hydroxylation is 3. The number of hydrogen-bond acceptors (Lipinski definition) is 4. The van der Waals surface area contributed by atoms with E-state index in [9.17, 15) is 8.42 Å². The maximum Gasteiger partial charge on any atom is 0.247 e. The lowest BCUT2D eigenvalue weighted by Gasteiger charge is -2.28. The molecule has 1 atom stereocenters. The van der Waals surface area contributed by atoms with Crippen molar-refractivity contribution in [2.75, 3.05) is 6.54 Å². The Labute approximate surface area is 143 Å². The molecule has 24 heavy (non-hydrogen) atoms. The Morgan fingerprint density at radius 3 is 2.67 bits per heavy atom. The summed E-state index contributed by atoms with van der Waals surface area (Å²) in [7, 11) is -1.72. The maximum atomic E-state index is 13.3. The third kappa shape index (κ3) is 3.12. The molecule has 0 radical (unpaired) electrons. The molecule has 1 fully saturated rings. The number of hydrogen-bond donors (Lipinski definition) is 0. The largest absolute Gasteiger partial charge is 0.275 e. The van der Waals surface area contributed by atoms with E-state index in [0.29, 0.717) is 23.7 Å². The molecule has 0 unspecified atom stereocenters. The van der Waals surface area contributed by atoms with Crippen molar-refractivity contribution in [3.63, 3.8) is 0 Å². The molecule has 1 aliphatic rings. The van der Waals surface area contributed by atoms with Gasteiger partial charge in [0.25, 0.3) is 0 Å². The number of aromatic nitrogens is 4. The molecule has 0 amide bonds. The quantitative estimate of drug-likeness (QED) is 0.847. The van der Waals surface area contributed by atoms with Crippen molar-refractivity contribution >= 4 is 10.0 Å². The molecule has 1 aliphatic heterocycles. The summed E-state index contributed by atoms with van der Waals surface area (Å²) in [5.74, 6) is 0. The Morgan fingerprint density at radius 2 is 2.04 bits per heavy atom. The van der Waals surface area contributed by atoms with Gasteiger partial charge < -0.3 is 0 Å². The van der Waals surface area contributed by atoms with Crippen LogP contribution in [0.3, 0.4) is 0 Å². The van der Waals surface area contributed by atoms with Crippen molar-refractivity contribution in [3.05, 3.63) is 29.8 Å². The average Bonchev–Trinajstić information content (AvgIpc) is 3.04. The molecule has 3 heterocycles. The first-order valence-corrected chi connectivity index (χ1v) is 9.92. The minimum absolute atomic E-state index is 0.157. The minimum Gasteiger partial charge on any atom is -0.275 e. The van der Waals surface area contributed by atoms with Gasteiger partial charge in [-0.3, -0.25) is 9.36 Å². The van der Waals surface area contributed by atoms with Crippen LogP contribution in [0.4, 0.5) is 0 Å². The van der Waals surface area contributed by atoms with Gasteiger partial charge in [-0.15, -0.1) is 0 Å². The van der Waals surface area contributed by atoms with Crippen LogP contribution in [-0.2, 0) is 23.6 Å². The predicted octanol–water partition coefficient (Wildman–Crippen LogP) is 2.25. The number of sulfonamides is 1. The SMILES string of the molecule is CCn1cc(S(=O)(=O)N2CCCCC[C@H]2c2cnn(C)c2)c(C)n1. The zero-order valence-electron chi connectivity index (χ0n) is 14.5. The summed E-state index contributed by atoms with van der Waals surface area (Å²) in [6.07, 6.45) is 9.13. The minimum atomic E-state index is -3.58. The first-order valence-electron chi connectivity index (χ1n) is 8.48. The van der Waals surface area contributed by atoms with Gasteiger partial charge in [0.1, 0.15) is 4.90 Å². The second-order valence-corrected chi connectivity index (χ2v) is 8.22. The Bertz CT molecular complexity index is 808. The Morgan fingerprint density at radius 1 is 1.25 bits per heavy atom. The van der Waals surface area contributed by atoms with Gasteiger partial charge in [-0.2, -0.15) is 14.5 Å². The van der Waals surface area contributed by atoms with E-state index in [1.165, 1.54) is 0 Å². The van der Waals surface area contributed by atoms with E-state index in [-0.39, 0.29) is 6.04 Å². The summed E-state index contributed by atoms with van der Waals surface area (Å²) < 4.78 is 31.7. The normalized spacial score (nSPS) is 20.2. The maximum absolute atomic E-state index is 13.3. The molecule has 1 saturated heterocycles. The molecule has 0 aromatic carbocycles. The van der Waals surface area contributed by atoms with E-state index < -0.39 is 10.0 Å². The van der Waals surface area contributed by atoms with Crippen LogP contribution in [0, 0.1) is 6.92 Å². The molecule has 2 aromatic rings. The topological polar surface area (TPSA) is 73.0 Å². The van der Waals surface area contributed by atoms with Crippen LogP contribution in [0.25, 0.3) is 0 Å². The van der Waals surface area contributed by atoms with E-state index in [0.717, 1.165) is 31.2 Å². The van der Waals surface area contributed by atoms with Gasteiger partial charge in [0.15, 0.2) is 0 Å². The molecule has 7 nitrogen and oxygen atoms in total. The molecular formula is C16H25N5O2S. The smallest absolute Gasteiger partial charge is 0.247 e. The lowest BCUT2D eigenvalue weighted by molar-refractivity contribution is 0.328. The van der Waals surface area contributed by atoms with Crippen LogP contribution >= 0.6 is 0 Å². The fourth-order valence-electron chi connectivity index (χ4n) is 3.36. The van der Waals surface area contributed by atoms with Gasteiger partial charge in [-0.25, -0.2) is 8.42 Å². The monoisotopic (exact) mass is 351 g/mol. The Hall–Kier alpha value is -1.67. The fraction of sp³-hybridized carbons (Fsp3) is 0.625. The van der Waals surface area contributed by atoms with Crippen molar-refractivity contribution < 1.29 is 8.42 Å². The molecule has 0 aliphatic carbocycles. The highest BCUT2D eigenvalue weighted by Crippen LogP contribution is 2.35. The highest BCUT2D eigenvalue weighted by Gasteiger charge is 2.35. The van der Waals surface area contributed by atoms with Crippen LogP contribution in [0.1, 0.15) is 49.9 Å². The summed E-state index contributed by atoms with van der Waals surface area (Å²) in [6, 6.07) is -0.157. The lowest BCUT2D eigenvalue weighted by atomic mass is 10.1. The van der Waals surface area contributed by atoms with Gasteiger partial charge in [-0.05, 0) is 26.7 Å². The van der Waals surface area contributed by atoms with Crippen molar-refractivity contribution in [1.29, 1.82) is 0 Å². The van der Waals surface area contributed by atoms with Crippen LogP contribution in [0.5, 0.6) is 0 Å². The lowest BCUT2D eigenvalue weighted by Crippen LogP contribution is -2.35. The second-order valence-electron chi connectivity index (χ2n) is 6.36. The second kappa shape index (κ2) is 6.68. The molecule has 8 heteroatoms. The zero-order valence-corrected chi connectivity index (χ0v) is 15.3. The van der Waals surface area contributed by atoms with E-state index in [2.05, 4.69) is 10.2 Å². The summed E-state index contributed by atoms with van der Waals surface area (Å²) in [5, 5.41) is 8.54. The third-order valence-corrected chi connectivity index (χ3v) is 6.64.